The fourth-order valence-electron chi connectivity index (χ4n) is 3.83. The highest BCUT2D eigenvalue weighted by atomic mass is 32.1. The molecule has 0 spiro atoms. The molecule has 0 saturated carbocycles. The standard InChI is InChI=1S/C22H21N5O3S/c1-12-10-15(11-17-19(28)24(4)22(31)25(5)20(17)29)13(2)26(12)27-14(3)23-18-9-7-6-8-16(18)21(27)30/h6-11H,1-5H3. The first-order chi connectivity index (χ1) is 14.6. The van der Waals surface area contributed by atoms with Gasteiger partial charge in [0.1, 0.15) is 11.4 Å². The Kier molecular flexibility index (Phi) is 4.85. The lowest BCUT2D eigenvalue weighted by Gasteiger charge is -2.31. The molecule has 1 aromatic carbocycles. The van der Waals surface area contributed by atoms with Crippen molar-refractivity contribution in [2.24, 2.45) is 0 Å². The molecule has 0 unspecified atom stereocenters. The Morgan fingerprint density at radius 1 is 0.935 bits per heavy atom. The van der Waals surface area contributed by atoms with Crippen molar-refractivity contribution in [1.82, 2.24) is 24.1 Å². The van der Waals surface area contributed by atoms with E-state index in [-0.39, 0.29) is 16.2 Å². The Morgan fingerprint density at radius 2 is 1.55 bits per heavy atom. The number of carbonyl (C=O) groups excluding carboxylic acids is 2. The summed E-state index contributed by atoms with van der Waals surface area (Å²) in [5.74, 6) is -0.392. The summed E-state index contributed by atoms with van der Waals surface area (Å²) < 4.78 is 3.26. The van der Waals surface area contributed by atoms with E-state index in [1.807, 2.05) is 26.0 Å². The number of thiocarbonyl (C=S) groups is 1. The molecule has 3 heterocycles. The largest absolute Gasteiger partial charge is 0.288 e. The quantitative estimate of drug-likeness (QED) is 0.350. The molecule has 0 atom stereocenters. The molecule has 8 nitrogen and oxygen atoms in total. The molecule has 31 heavy (non-hydrogen) atoms. The van der Waals surface area contributed by atoms with Crippen molar-refractivity contribution in [3.63, 3.8) is 0 Å². The van der Waals surface area contributed by atoms with E-state index in [9.17, 15) is 14.4 Å². The van der Waals surface area contributed by atoms with Crippen LogP contribution in [0.2, 0.25) is 0 Å². The highest BCUT2D eigenvalue weighted by Gasteiger charge is 2.35. The van der Waals surface area contributed by atoms with E-state index in [0.717, 1.165) is 5.69 Å². The Bertz CT molecular complexity index is 1360. The number of amides is 2. The molecule has 158 valence electrons. The minimum absolute atomic E-state index is 0.0135. The van der Waals surface area contributed by atoms with Crippen LogP contribution in [-0.2, 0) is 9.59 Å². The van der Waals surface area contributed by atoms with Crippen LogP contribution in [0.15, 0.2) is 40.7 Å². The predicted octanol–water partition coefficient (Wildman–Crippen LogP) is 2.03. The second-order valence-electron chi connectivity index (χ2n) is 7.50. The number of nitrogens with zero attached hydrogens (tertiary/aromatic N) is 5. The number of carbonyl (C=O) groups is 2. The van der Waals surface area contributed by atoms with Gasteiger partial charge in [-0.05, 0) is 62.8 Å². The number of hydrogen-bond acceptors (Lipinski definition) is 5. The average Bonchev–Trinajstić information content (AvgIpc) is 3.01. The Morgan fingerprint density at radius 3 is 2.19 bits per heavy atom. The fraction of sp³-hybridized carbons (Fsp3) is 0.227. The summed E-state index contributed by atoms with van der Waals surface area (Å²) in [6, 6.07) is 9.01. The molecular formula is C22H21N5O3S. The van der Waals surface area contributed by atoms with Crippen molar-refractivity contribution < 1.29 is 9.59 Å². The predicted molar refractivity (Wildman–Crippen MR) is 122 cm³/mol. The fourth-order valence-corrected chi connectivity index (χ4v) is 4.00. The van der Waals surface area contributed by atoms with Crippen LogP contribution >= 0.6 is 12.2 Å². The first-order valence-electron chi connectivity index (χ1n) is 9.63. The van der Waals surface area contributed by atoms with Gasteiger partial charge in [0.2, 0.25) is 0 Å². The Balaban J connectivity index is 1.91. The van der Waals surface area contributed by atoms with E-state index in [0.29, 0.717) is 28.0 Å². The maximum Gasteiger partial charge on any atom is 0.280 e. The molecule has 0 aliphatic carbocycles. The van der Waals surface area contributed by atoms with Gasteiger partial charge in [-0.15, -0.1) is 0 Å². The summed E-state index contributed by atoms with van der Waals surface area (Å²) in [4.78, 5) is 45.7. The molecule has 2 aromatic heterocycles. The lowest BCUT2D eigenvalue weighted by molar-refractivity contribution is -0.132. The van der Waals surface area contributed by atoms with Crippen molar-refractivity contribution in [2.75, 3.05) is 14.1 Å². The van der Waals surface area contributed by atoms with Crippen molar-refractivity contribution in [1.29, 1.82) is 0 Å². The zero-order chi connectivity index (χ0) is 22.6. The van der Waals surface area contributed by atoms with Crippen molar-refractivity contribution >= 4 is 46.1 Å². The van der Waals surface area contributed by atoms with Gasteiger partial charge in [-0.1, -0.05) is 12.1 Å². The lowest BCUT2D eigenvalue weighted by atomic mass is 10.1. The van der Waals surface area contributed by atoms with Gasteiger partial charge in [-0.3, -0.25) is 28.9 Å². The van der Waals surface area contributed by atoms with Crippen molar-refractivity contribution in [3.05, 3.63) is 69.0 Å². The Labute approximate surface area is 184 Å². The molecule has 0 radical (unpaired) electrons. The Hall–Kier alpha value is -3.59. The lowest BCUT2D eigenvalue weighted by Crippen LogP contribution is -2.52. The SMILES string of the molecule is Cc1cc(C=C2C(=O)N(C)C(=S)N(C)C2=O)c(C)n1-n1c(C)nc2ccccc2c1=O. The van der Waals surface area contributed by atoms with Crippen LogP contribution < -0.4 is 5.56 Å². The van der Waals surface area contributed by atoms with Crippen LogP contribution in [-0.4, -0.2) is 55.2 Å². The molecule has 1 aliphatic rings. The number of fused-ring (bicyclic) bond motifs is 1. The number of rotatable bonds is 2. The van der Waals surface area contributed by atoms with E-state index >= 15 is 0 Å². The van der Waals surface area contributed by atoms with Crippen LogP contribution in [0.5, 0.6) is 0 Å². The second-order valence-corrected chi connectivity index (χ2v) is 7.87. The van der Waals surface area contributed by atoms with Crippen LogP contribution in [0.25, 0.3) is 17.0 Å². The van der Waals surface area contributed by atoms with Crippen molar-refractivity contribution in [2.45, 2.75) is 20.8 Å². The number of para-hydroxylation sites is 1. The van der Waals surface area contributed by atoms with E-state index in [2.05, 4.69) is 4.98 Å². The molecule has 0 N–H and O–H groups in total. The molecule has 1 fully saturated rings. The number of hydrogen-bond donors (Lipinski definition) is 0. The maximum atomic E-state index is 13.2. The van der Waals surface area contributed by atoms with E-state index in [1.54, 1.807) is 35.9 Å². The third-order valence-electron chi connectivity index (χ3n) is 5.49. The summed E-state index contributed by atoms with van der Waals surface area (Å²) in [6.45, 7) is 5.45. The molecule has 9 heteroatoms. The van der Waals surface area contributed by atoms with E-state index in [4.69, 9.17) is 12.2 Å². The number of likely N-dealkylation sites (N-methyl/N-ethyl adjacent to an activating group) is 2. The van der Waals surface area contributed by atoms with Crippen molar-refractivity contribution in [3.8, 4) is 0 Å². The van der Waals surface area contributed by atoms with Gasteiger partial charge in [-0.2, -0.15) is 4.68 Å². The topological polar surface area (TPSA) is 80.4 Å². The minimum Gasteiger partial charge on any atom is -0.288 e. The first-order valence-corrected chi connectivity index (χ1v) is 10.0. The smallest absolute Gasteiger partial charge is 0.280 e. The molecule has 0 bridgehead atoms. The van der Waals surface area contributed by atoms with Gasteiger partial charge in [-0.25, -0.2) is 4.98 Å². The number of aryl methyl sites for hydroxylation is 2. The summed E-state index contributed by atoms with van der Waals surface area (Å²) >= 11 is 5.14. The molecule has 1 aliphatic heterocycles. The third kappa shape index (κ3) is 3.09. The van der Waals surface area contributed by atoms with Gasteiger partial charge in [0.15, 0.2) is 5.11 Å². The van der Waals surface area contributed by atoms with Crippen LogP contribution in [0.4, 0.5) is 0 Å². The van der Waals surface area contributed by atoms with E-state index < -0.39 is 11.8 Å². The summed E-state index contributed by atoms with van der Waals surface area (Å²) in [6.07, 6.45) is 1.55. The molecule has 4 rings (SSSR count). The maximum absolute atomic E-state index is 13.2. The number of benzene rings is 1. The minimum atomic E-state index is -0.460. The zero-order valence-electron chi connectivity index (χ0n) is 17.8. The highest BCUT2D eigenvalue weighted by molar-refractivity contribution is 7.80. The highest BCUT2D eigenvalue weighted by Crippen LogP contribution is 2.23. The summed E-state index contributed by atoms with van der Waals surface area (Å²) in [7, 11) is 3.07. The normalized spacial score (nSPS) is 14.7. The van der Waals surface area contributed by atoms with Gasteiger partial charge in [0.25, 0.3) is 17.4 Å². The summed E-state index contributed by atoms with van der Waals surface area (Å²) in [5, 5.41) is 0.664. The van der Waals surface area contributed by atoms with Gasteiger partial charge >= 0.3 is 0 Å². The zero-order valence-corrected chi connectivity index (χ0v) is 18.6. The molecule has 2 amide bonds. The van der Waals surface area contributed by atoms with Crippen LogP contribution in [0.1, 0.15) is 22.8 Å². The van der Waals surface area contributed by atoms with Gasteiger partial charge in [0.05, 0.1) is 10.9 Å². The van der Waals surface area contributed by atoms with Gasteiger partial charge in [0, 0.05) is 25.5 Å². The second kappa shape index (κ2) is 7.28. The summed E-state index contributed by atoms with van der Waals surface area (Å²) in [5.41, 5.74) is 2.57. The molecular weight excluding hydrogens is 414 g/mol. The third-order valence-corrected chi connectivity index (χ3v) is 6.04. The van der Waals surface area contributed by atoms with Gasteiger partial charge < -0.3 is 0 Å². The monoisotopic (exact) mass is 435 g/mol. The molecule has 3 aromatic rings. The number of aromatic nitrogens is 3. The van der Waals surface area contributed by atoms with E-state index in [1.165, 1.54) is 28.6 Å². The first kappa shape index (κ1) is 20.7. The average molecular weight is 436 g/mol. The van der Waals surface area contributed by atoms with Crippen LogP contribution in [0.3, 0.4) is 0 Å². The molecule has 1 saturated heterocycles. The van der Waals surface area contributed by atoms with Crippen LogP contribution in [0, 0.1) is 20.8 Å².